The normalized spacial score (nSPS) is 20.6. The highest BCUT2D eigenvalue weighted by molar-refractivity contribution is 14.0. The zero-order chi connectivity index (χ0) is 16.7. The molecule has 1 aliphatic rings. The van der Waals surface area contributed by atoms with Crippen molar-refractivity contribution < 1.29 is 14.2 Å². The van der Waals surface area contributed by atoms with Crippen molar-refractivity contribution in [2.75, 3.05) is 33.4 Å². The van der Waals surface area contributed by atoms with Crippen molar-refractivity contribution in [2.45, 2.75) is 19.4 Å². The molecule has 2 rings (SSSR count). The third-order valence-electron chi connectivity index (χ3n) is 4.14. The first kappa shape index (κ1) is 21.6. The molecule has 0 saturated carbocycles. The number of hydrogen-bond donors (Lipinski definition) is 3. The molecule has 1 aromatic carbocycles. The molecule has 1 fully saturated rings. The largest absolute Gasteiger partial charge is 0.396 e. The summed E-state index contributed by atoms with van der Waals surface area (Å²) in [5, 5.41) is 15.6. The second-order valence-corrected chi connectivity index (χ2v) is 6.71. The molecule has 136 valence electrons. The number of aliphatic hydroxyl groups excluding tert-OH is 1. The van der Waals surface area contributed by atoms with Crippen LogP contribution in [-0.4, -0.2) is 44.5 Å². The van der Waals surface area contributed by atoms with Crippen LogP contribution in [0.5, 0.6) is 0 Å². The third-order valence-corrected chi connectivity index (χ3v) is 4.64. The van der Waals surface area contributed by atoms with E-state index in [1.807, 2.05) is 6.07 Å². The molecular formula is C16H24BrFIN3O2. The van der Waals surface area contributed by atoms with Crippen molar-refractivity contribution in [3.05, 3.63) is 34.1 Å². The summed E-state index contributed by atoms with van der Waals surface area (Å²) in [6.45, 7) is 2.51. The molecule has 1 unspecified atom stereocenters. The van der Waals surface area contributed by atoms with E-state index in [1.54, 1.807) is 13.1 Å². The van der Waals surface area contributed by atoms with Crippen LogP contribution in [0.25, 0.3) is 0 Å². The summed E-state index contributed by atoms with van der Waals surface area (Å²) < 4.78 is 20.0. The van der Waals surface area contributed by atoms with Crippen LogP contribution in [0.3, 0.4) is 0 Å². The Morgan fingerprint density at radius 3 is 2.83 bits per heavy atom. The second kappa shape index (κ2) is 10.5. The maximum absolute atomic E-state index is 13.8. The molecule has 1 aromatic rings. The molecule has 1 atom stereocenters. The quantitative estimate of drug-likeness (QED) is 0.309. The van der Waals surface area contributed by atoms with Gasteiger partial charge >= 0.3 is 0 Å². The van der Waals surface area contributed by atoms with E-state index in [-0.39, 0.29) is 41.8 Å². The number of hydrogen-bond acceptors (Lipinski definition) is 3. The minimum Gasteiger partial charge on any atom is -0.396 e. The van der Waals surface area contributed by atoms with E-state index in [4.69, 9.17) is 4.74 Å². The highest BCUT2D eigenvalue weighted by atomic mass is 127. The molecule has 3 N–H and O–H groups in total. The number of nitrogens with zero attached hydrogens (tertiary/aromatic N) is 1. The molecule has 0 radical (unpaired) electrons. The van der Waals surface area contributed by atoms with Crippen LogP contribution in [0.2, 0.25) is 0 Å². The SMILES string of the molecule is CN=C(NCc1ccc(Br)cc1F)NCC1(CCO)CCOC1.I. The highest BCUT2D eigenvalue weighted by Crippen LogP contribution is 2.31. The average molecular weight is 516 g/mol. The zero-order valence-electron chi connectivity index (χ0n) is 13.6. The lowest BCUT2D eigenvalue weighted by Gasteiger charge is -2.27. The van der Waals surface area contributed by atoms with Crippen LogP contribution >= 0.6 is 39.9 Å². The number of benzene rings is 1. The van der Waals surface area contributed by atoms with Crippen LogP contribution in [0.4, 0.5) is 4.39 Å². The number of halogens is 3. The molecule has 0 bridgehead atoms. The molecular weight excluding hydrogens is 492 g/mol. The molecule has 0 aromatic heterocycles. The minimum atomic E-state index is -0.261. The van der Waals surface area contributed by atoms with Gasteiger partial charge in [-0.2, -0.15) is 0 Å². The monoisotopic (exact) mass is 515 g/mol. The van der Waals surface area contributed by atoms with Crippen LogP contribution in [0.15, 0.2) is 27.7 Å². The fourth-order valence-corrected chi connectivity index (χ4v) is 2.98. The number of nitrogens with one attached hydrogen (secondary N) is 2. The van der Waals surface area contributed by atoms with Gasteiger partial charge in [-0.1, -0.05) is 22.0 Å². The summed E-state index contributed by atoms with van der Waals surface area (Å²) >= 11 is 3.24. The number of ether oxygens (including phenoxy) is 1. The molecule has 0 spiro atoms. The molecule has 5 nitrogen and oxygen atoms in total. The Balaban J connectivity index is 0.00000288. The third kappa shape index (κ3) is 6.12. The van der Waals surface area contributed by atoms with Crippen molar-refractivity contribution in [1.82, 2.24) is 10.6 Å². The van der Waals surface area contributed by atoms with Gasteiger partial charge in [-0.3, -0.25) is 4.99 Å². The van der Waals surface area contributed by atoms with Crippen LogP contribution < -0.4 is 10.6 Å². The molecule has 0 aliphatic carbocycles. The van der Waals surface area contributed by atoms with E-state index >= 15 is 0 Å². The Morgan fingerprint density at radius 1 is 1.46 bits per heavy atom. The molecule has 8 heteroatoms. The lowest BCUT2D eigenvalue weighted by atomic mass is 9.84. The Labute approximate surface area is 167 Å². The Morgan fingerprint density at radius 2 is 2.25 bits per heavy atom. The van der Waals surface area contributed by atoms with Gasteiger partial charge in [0.25, 0.3) is 0 Å². The van der Waals surface area contributed by atoms with E-state index < -0.39 is 0 Å². The Hall–Kier alpha value is -0.450. The lowest BCUT2D eigenvalue weighted by molar-refractivity contribution is 0.127. The fraction of sp³-hybridized carbons (Fsp3) is 0.562. The van der Waals surface area contributed by atoms with Gasteiger partial charge in [0.1, 0.15) is 5.82 Å². The maximum Gasteiger partial charge on any atom is 0.191 e. The Kier molecular flexibility index (Phi) is 9.47. The van der Waals surface area contributed by atoms with Gasteiger partial charge in [0.15, 0.2) is 5.96 Å². The van der Waals surface area contributed by atoms with E-state index in [2.05, 4.69) is 31.6 Å². The number of guanidine groups is 1. The van der Waals surface area contributed by atoms with Gasteiger partial charge in [0.2, 0.25) is 0 Å². The average Bonchev–Trinajstić information content (AvgIpc) is 2.98. The van der Waals surface area contributed by atoms with E-state index in [1.165, 1.54) is 6.07 Å². The van der Waals surface area contributed by atoms with E-state index in [9.17, 15) is 9.50 Å². The van der Waals surface area contributed by atoms with Gasteiger partial charge in [0, 0.05) is 48.8 Å². The summed E-state index contributed by atoms with van der Waals surface area (Å²) in [6, 6.07) is 4.99. The van der Waals surface area contributed by atoms with Crippen molar-refractivity contribution in [3.8, 4) is 0 Å². The van der Waals surface area contributed by atoms with Gasteiger partial charge < -0.3 is 20.5 Å². The van der Waals surface area contributed by atoms with Gasteiger partial charge in [-0.25, -0.2) is 4.39 Å². The Bertz CT molecular complexity index is 554. The standard InChI is InChI=1S/C16H23BrFN3O2.HI/c1-19-15(20-9-12-2-3-13(17)8-14(12)18)21-10-16(4-6-22)5-7-23-11-16;/h2-3,8,22H,4-7,9-11H2,1H3,(H2,19,20,21);1H. The first-order valence-electron chi connectivity index (χ1n) is 7.66. The van der Waals surface area contributed by atoms with Crippen molar-refractivity contribution in [1.29, 1.82) is 0 Å². The number of aliphatic imine (C=N–C) groups is 1. The molecule has 1 aliphatic heterocycles. The van der Waals surface area contributed by atoms with E-state index in [0.717, 1.165) is 13.0 Å². The van der Waals surface area contributed by atoms with Gasteiger partial charge in [-0.05, 0) is 25.0 Å². The van der Waals surface area contributed by atoms with Crippen LogP contribution in [0.1, 0.15) is 18.4 Å². The maximum atomic E-state index is 13.8. The smallest absolute Gasteiger partial charge is 0.191 e. The summed E-state index contributed by atoms with van der Waals surface area (Å²) in [4.78, 5) is 4.16. The highest BCUT2D eigenvalue weighted by Gasteiger charge is 2.34. The summed E-state index contributed by atoms with van der Waals surface area (Å²) in [5.41, 5.74) is 0.514. The summed E-state index contributed by atoms with van der Waals surface area (Å²) in [5.74, 6) is 0.347. The fourth-order valence-electron chi connectivity index (χ4n) is 2.65. The topological polar surface area (TPSA) is 65.9 Å². The summed E-state index contributed by atoms with van der Waals surface area (Å²) in [7, 11) is 1.68. The molecule has 1 saturated heterocycles. The van der Waals surface area contributed by atoms with Gasteiger partial charge in [-0.15, -0.1) is 24.0 Å². The molecule has 0 amide bonds. The van der Waals surface area contributed by atoms with Crippen LogP contribution in [-0.2, 0) is 11.3 Å². The van der Waals surface area contributed by atoms with Gasteiger partial charge in [0.05, 0.1) is 6.61 Å². The van der Waals surface area contributed by atoms with Crippen molar-refractivity contribution in [3.63, 3.8) is 0 Å². The molecule has 1 heterocycles. The summed E-state index contributed by atoms with van der Waals surface area (Å²) in [6.07, 6.45) is 1.61. The predicted octanol–water partition coefficient (Wildman–Crippen LogP) is 2.66. The van der Waals surface area contributed by atoms with Crippen molar-refractivity contribution in [2.24, 2.45) is 10.4 Å². The molecule has 24 heavy (non-hydrogen) atoms. The predicted molar refractivity (Wildman–Crippen MR) is 107 cm³/mol. The minimum absolute atomic E-state index is 0. The number of rotatable bonds is 6. The first-order chi connectivity index (χ1) is 11.1. The lowest BCUT2D eigenvalue weighted by Crippen LogP contribution is -2.44. The number of aliphatic hydroxyl groups is 1. The van der Waals surface area contributed by atoms with Crippen LogP contribution in [0, 0.1) is 11.2 Å². The van der Waals surface area contributed by atoms with Crippen molar-refractivity contribution >= 4 is 45.9 Å². The zero-order valence-corrected chi connectivity index (χ0v) is 17.6. The second-order valence-electron chi connectivity index (χ2n) is 5.79. The first-order valence-corrected chi connectivity index (χ1v) is 8.45. The van der Waals surface area contributed by atoms with E-state index in [0.29, 0.717) is 42.1 Å².